The van der Waals surface area contributed by atoms with E-state index in [0.717, 1.165) is 18.4 Å². The van der Waals surface area contributed by atoms with Gasteiger partial charge in [-0.15, -0.1) is 0 Å². The fourth-order valence-electron chi connectivity index (χ4n) is 3.53. The summed E-state index contributed by atoms with van der Waals surface area (Å²) in [6, 6.07) is 8.11. The maximum absolute atomic E-state index is 12.5. The minimum absolute atomic E-state index is 0.0290. The van der Waals surface area contributed by atoms with Crippen molar-refractivity contribution in [3.8, 4) is 0 Å². The number of hydrogen-bond acceptors (Lipinski definition) is 4. The molecule has 142 valence electrons. The summed E-state index contributed by atoms with van der Waals surface area (Å²) < 4.78 is 24.1. The second-order valence-electron chi connectivity index (χ2n) is 7.16. The highest BCUT2D eigenvalue weighted by Crippen LogP contribution is 2.39. The first-order chi connectivity index (χ1) is 12.3. The number of amidine groups is 1. The van der Waals surface area contributed by atoms with Crippen molar-refractivity contribution in [3.05, 3.63) is 35.4 Å². The number of fused-ring (bicyclic) bond motifs is 1. The predicted molar refractivity (Wildman–Crippen MR) is 107 cm³/mol. The van der Waals surface area contributed by atoms with Crippen molar-refractivity contribution in [3.63, 3.8) is 0 Å². The number of rotatable bonds is 5. The number of carbonyl (C=O) groups excluding carboxylic acids is 1. The second-order valence-corrected chi connectivity index (χ2v) is 10.5. The van der Waals surface area contributed by atoms with E-state index in [9.17, 15) is 13.2 Å². The summed E-state index contributed by atoms with van der Waals surface area (Å²) >= 11 is 1.46. The van der Waals surface area contributed by atoms with Gasteiger partial charge in [-0.3, -0.25) is 4.79 Å². The summed E-state index contributed by atoms with van der Waals surface area (Å²) in [6.45, 7) is 6.62. The zero-order valence-electron chi connectivity index (χ0n) is 15.5. The van der Waals surface area contributed by atoms with Crippen molar-refractivity contribution in [2.45, 2.75) is 51.4 Å². The Hall–Kier alpha value is -1.34. The van der Waals surface area contributed by atoms with Crippen LogP contribution in [0.5, 0.6) is 0 Å². The summed E-state index contributed by atoms with van der Waals surface area (Å²) in [5, 5.41) is 0.658. The second kappa shape index (κ2) is 7.72. The van der Waals surface area contributed by atoms with Crippen LogP contribution >= 0.6 is 11.8 Å². The number of carbonyl (C=O) groups is 1. The molecule has 26 heavy (non-hydrogen) atoms. The van der Waals surface area contributed by atoms with Gasteiger partial charge in [-0.05, 0) is 25.3 Å². The lowest BCUT2D eigenvalue weighted by atomic mass is 10.0. The number of sulfone groups is 1. The van der Waals surface area contributed by atoms with Gasteiger partial charge in [0.15, 0.2) is 15.0 Å². The van der Waals surface area contributed by atoms with E-state index < -0.39 is 9.84 Å². The smallest absolute Gasteiger partial charge is 0.251 e. The number of thioether (sulfide) groups is 1. The van der Waals surface area contributed by atoms with Crippen LogP contribution in [0.3, 0.4) is 0 Å². The molecule has 0 aliphatic carbocycles. The van der Waals surface area contributed by atoms with Gasteiger partial charge in [-0.25, -0.2) is 8.42 Å². The van der Waals surface area contributed by atoms with Crippen molar-refractivity contribution < 1.29 is 13.2 Å². The van der Waals surface area contributed by atoms with Crippen molar-refractivity contribution in [2.75, 3.05) is 11.5 Å². The highest BCUT2D eigenvalue weighted by Gasteiger charge is 2.48. The molecule has 2 fully saturated rings. The average molecular weight is 395 g/mol. The maximum atomic E-state index is 12.5. The third-order valence-electron chi connectivity index (χ3n) is 5.19. The van der Waals surface area contributed by atoms with Gasteiger partial charge in [0.25, 0.3) is 5.91 Å². The Balaban J connectivity index is 1.88. The van der Waals surface area contributed by atoms with E-state index >= 15 is 0 Å². The lowest BCUT2D eigenvalue weighted by Crippen LogP contribution is -2.37. The van der Waals surface area contributed by atoms with Gasteiger partial charge in [0.2, 0.25) is 0 Å². The Bertz CT molecular complexity index is 799. The Morgan fingerprint density at radius 3 is 2.50 bits per heavy atom. The Labute approximate surface area is 160 Å². The van der Waals surface area contributed by atoms with Gasteiger partial charge >= 0.3 is 0 Å². The van der Waals surface area contributed by atoms with Gasteiger partial charge in [0.05, 0.1) is 17.5 Å². The predicted octanol–water partition coefficient (Wildman–Crippen LogP) is 3.03. The summed E-state index contributed by atoms with van der Waals surface area (Å²) in [5.41, 5.74) is 2.28. The van der Waals surface area contributed by atoms with Crippen LogP contribution in [0.2, 0.25) is 0 Å². The molecule has 0 saturated carbocycles. The Morgan fingerprint density at radius 2 is 1.88 bits per heavy atom. The van der Waals surface area contributed by atoms with Crippen LogP contribution < -0.4 is 0 Å². The standard InChI is InChI=1S/C19H26N2O3S2/c1-4-15(5-2)18(22)20-19-21(10-14-8-6-13(3)7-9-14)16-11-26(23,24)12-17(16)25-19/h6-9,15-17H,4-5,10-12H2,1-3H3/t16-,17-/m0/s1. The SMILES string of the molecule is CCC(CC)C(=O)N=C1S[C@H]2CS(=O)(=O)C[C@@H]2N1Cc1ccc(C)cc1. The van der Waals surface area contributed by atoms with Crippen molar-refractivity contribution in [2.24, 2.45) is 10.9 Å². The quantitative estimate of drug-likeness (QED) is 0.768. The number of aryl methyl sites for hydroxylation is 1. The molecule has 3 rings (SSSR count). The average Bonchev–Trinajstić information content (AvgIpc) is 3.03. The molecule has 1 aromatic carbocycles. The molecule has 0 N–H and O–H groups in total. The van der Waals surface area contributed by atoms with E-state index in [1.807, 2.05) is 37.8 Å². The van der Waals surface area contributed by atoms with E-state index in [2.05, 4.69) is 17.1 Å². The highest BCUT2D eigenvalue weighted by atomic mass is 32.2. The first kappa shape index (κ1) is 19.4. The maximum Gasteiger partial charge on any atom is 0.251 e. The zero-order chi connectivity index (χ0) is 18.9. The number of nitrogens with zero attached hydrogens (tertiary/aromatic N) is 2. The van der Waals surface area contributed by atoms with Gasteiger partial charge in [-0.1, -0.05) is 55.4 Å². The molecule has 0 bridgehead atoms. The van der Waals surface area contributed by atoms with Crippen molar-refractivity contribution >= 4 is 32.7 Å². The minimum atomic E-state index is -3.02. The van der Waals surface area contributed by atoms with Crippen LogP contribution in [-0.2, 0) is 21.2 Å². The van der Waals surface area contributed by atoms with Crippen LogP contribution in [0.15, 0.2) is 29.3 Å². The Kier molecular flexibility index (Phi) is 5.77. The van der Waals surface area contributed by atoms with E-state index in [-0.39, 0.29) is 34.6 Å². The van der Waals surface area contributed by atoms with Crippen molar-refractivity contribution in [1.29, 1.82) is 0 Å². The first-order valence-electron chi connectivity index (χ1n) is 9.14. The lowest BCUT2D eigenvalue weighted by Gasteiger charge is -2.24. The molecule has 2 aliphatic rings. The molecule has 7 heteroatoms. The number of hydrogen-bond donors (Lipinski definition) is 0. The summed E-state index contributed by atoms with van der Waals surface area (Å²) in [6.07, 6.45) is 1.55. The Morgan fingerprint density at radius 1 is 1.23 bits per heavy atom. The van der Waals surface area contributed by atoms with Crippen LogP contribution in [0.1, 0.15) is 37.8 Å². The molecule has 0 spiro atoms. The molecule has 5 nitrogen and oxygen atoms in total. The van der Waals surface area contributed by atoms with E-state index in [1.54, 1.807) is 0 Å². The first-order valence-corrected chi connectivity index (χ1v) is 11.8. The van der Waals surface area contributed by atoms with Gasteiger partial charge < -0.3 is 4.90 Å². The van der Waals surface area contributed by atoms with Crippen LogP contribution in [0.4, 0.5) is 0 Å². The summed E-state index contributed by atoms with van der Waals surface area (Å²) in [4.78, 5) is 19.0. The molecular formula is C19H26N2O3S2. The van der Waals surface area contributed by atoms with E-state index in [1.165, 1.54) is 17.3 Å². The summed E-state index contributed by atoms with van der Waals surface area (Å²) in [7, 11) is -3.02. The molecule has 2 saturated heterocycles. The number of aliphatic imine (C=N–C) groups is 1. The third kappa shape index (κ3) is 4.14. The van der Waals surface area contributed by atoms with Gasteiger partial charge in [0.1, 0.15) is 0 Å². The molecule has 0 unspecified atom stereocenters. The largest absolute Gasteiger partial charge is 0.342 e. The summed E-state index contributed by atoms with van der Waals surface area (Å²) in [5.74, 6) is 0.169. The molecule has 1 aromatic rings. The van der Waals surface area contributed by atoms with Crippen LogP contribution in [0, 0.1) is 12.8 Å². The molecule has 0 aromatic heterocycles. The normalized spacial score (nSPS) is 25.8. The topological polar surface area (TPSA) is 66.8 Å². The van der Waals surface area contributed by atoms with Crippen LogP contribution in [-0.4, -0.2) is 47.2 Å². The van der Waals surface area contributed by atoms with Crippen LogP contribution in [0.25, 0.3) is 0 Å². The monoisotopic (exact) mass is 394 g/mol. The molecule has 2 heterocycles. The highest BCUT2D eigenvalue weighted by molar-refractivity contribution is 8.15. The molecule has 2 aliphatic heterocycles. The molecule has 1 amide bonds. The molecule has 0 radical (unpaired) electrons. The number of amides is 1. The zero-order valence-corrected chi connectivity index (χ0v) is 17.1. The molecular weight excluding hydrogens is 368 g/mol. The fourth-order valence-corrected chi connectivity index (χ4v) is 7.49. The number of benzene rings is 1. The van der Waals surface area contributed by atoms with E-state index in [0.29, 0.717) is 11.7 Å². The minimum Gasteiger partial charge on any atom is -0.342 e. The fraction of sp³-hybridized carbons (Fsp3) is 0.579. The van der Waals surface area contributed by atoms with Crippen molar-refractivity contribution in [1.82, 2.24) is 4.90 Å². The van der Waals surface area contributed by atoms with E-state index in [4.69, 9.17) is 0 Å². The molecule has 2 atom stereocenters. The van der Waals surface area contributed by atoms with Gasteiger partial charge in [0, 0.05) is 17.7 Å². The van der Waals surface area contributed by atoms with Gasteiger partial charge in [-0.2, -0.15) is 4.99 Å². The lowest BCUT2D eigenvalue weighted by molar-refractivity contribution is -0.121. The third-order valence-corrected chi connectivity index (χ3v) is 8.44.